The van der Waals surface area contributed by atoms with Gasteiger partial charge in [-0.2, -0.15) is 9.40 Å². The largest absolute Gasteiger partial charge is 0.383 e. The Morgan fingerprint density at radius 1 is 1.53 bits per heavy atom. The second-order valence-electron chi connectivity index (χ2n) is 4.70. The molecule has 1 aliphatic rings. The number of nitrogens with zero attached hydrogens (tertiary/aromatic N) is 3. The summed E-state index contributed by atoms with van der Waals surface area (Å²) in [7, 11) is -0.408. The molecule has 0 N–H and O–H groups in total. The van der Waals surface area contributed by atoms with Gasteiger partial charge in [-0.3, -0.25) is 4.68 Å². The number of hydrogen-bond acceptors (Lipinski definition) is 4. The molecule has 1 aliphatic heterocycles. The maximum atomic E-state index is 12.7. The van der Waals surface area contributed by atoms with E-state index >= 15 is 0 Å². The van der Waals surface area contributed by atoms with Gasteiger partial charge in [0, 0.05) is 26.7 Å². The van der Waals surface area contributed by atoms with Crippen molar-refractivity contribution in [3.63, 3.8) is 0 Å². The van der Waals surface area contributed by atoms with Gasteiger partial charge in [0.1, 0.15) is 10.0 Å². The minimum absolute atomic E-state index is 0.111. The molecule has 0 saturated carbocycles. The van der Waals surface area contributed by atoms with Crippen LogP contribution < -0.4 is 0 Å². The summed E-state index contributed by atoms with van der Waals surface area (Å²) in [6.07, 6.45) is 1.65. The lowest BCUT2D eigenvalue weighted by Gasteiger charge is -2.23. The van der Waals surface area contributed by atoms with E-state index in [2.05, 4.69) is 5.10 Å². The number of rotatable bonds is 4. The van der Waals surface area contributed by atoms with Crippen molar-refractivity contribution < 1.29 is 13.2 Å². The number of aromatic nitrogens is 2. The highest BCUT2D eigenvalue weighted by molar-refractivity contribution is 7.89. The van der Waals surface area contributed by atoms with Gasteiger partial charge in [-0.25, -0.2) is 8.42 Å². The number of hydrogen-bond donors (Lipinski definition) is 0. The van der Waals surface area contributed by atoms with Gasteiger partial charge in [0.25, 0.3) is 0 Å². The summed E-state index contributed by atoms with van der Waals surface area (Å²) in [5.74, 6) is 0. The van der Waals surface area contributed by atoms with Crippen molar-refractivity contribution in [1.29, 1.82) is 0 Å². The van der Waals surface area contributed by atoms with Crippen LogP contribution in [0.5, 0.6) is 0 Å². The van der Waals surface area contributed by atoms with E-state index < -0.39 is 10.0 Å². The third kappa shape index (κ3) is 2.52. The lowest BCUT2D eigenvalue weighted by Crippen LogP contribution is -2.38. The minimum Gasteiger partial charge on any atom is -0.383 e. The summed E-state index contributed by atoms with van der Waals surface area (Å²) in [5.41, 5.74) is 0.426. The normalized spacial score (nSPS) is 21.2. The zero-order chi connectivity index (χ0) is 14.2. The highest BCUT2D eigenvalue weighted by Gasteiger charge is 2.38. The standard InChI is InChI=1S/C11H18ClN3O3S/c1-8-10(11(12)14(2)13-8)19(16,17)15-6-4-5-9(15)7-18-3/h9H,4-7H2,1-3H3/t9-/m0/s1. The van der Waals surface area contributed by atoms with Gasteiger partial charge in [0.2, 0.25) is 10.0 Å². The summed E-state index contributed by atoms with van der Waals surface area (Å²) >= 11 is 6.07. The van der Waals surface area contributed by atoms with Crippen molar-refractivity contribution in [3.8, 4) is 0 Å². The van der Waals surface area contributed by atoms with Crippen LogP contribution in [-0.4, -0.2) is 48.8 Å². The molecule has 0 aromatic carbocycles. The van der Waals surface area contributed by atoms with Crippen LogP contribution in [0.25, 0.3) is 0 Å². The molecular formula is C11H18ClN3O3S. The highest BCUT2D eigenvalue weighted by atomic mass is 35.5. The van der Waals surface area contributed by atoms with E-state index in [-0.39, 0.29) is 16.1 Å². The van der Waals surface area contributed by atoms with E-state index in [4.69, 9.17) is 16.3 Å². The molecule has 0 radical (unpaired) electrons. The first-order chi connectivity index (χ1) is 8.89. The Morgan fingerprint density at radius 3 is 2.74 bits per heavy atom. The zero-order valence-electron chi connectivity index (χ0n) is 11.3. The molecule has 108 valence electrons. The van der Waals surface area contributed by atoms with Crippen molar-refractivity contribution in [2.75, 3.05) is 20.3 Å². The summed E-state index contributed by atoms with van der Waals surface area (Å²) in [5, 5.41) is 4.22. The lowest BCUT2D eigenvalue weighted by atomic mass is 10.2. The SMILES string of the molecule is COC[C@@H]1CCCN1S(=O)(=O)c1c(C)nn(C)c1Cl. The molecule has 1 atom stereocenters. The fourth-order valence-electron chi connectivity index (χ4n) is 2.51. The number of sulfonamides is 1. The Balaban J connectivity index is 2.42. The van der Waals surface area contributed by atoms with E-state index in [1.807, 2.05) is 0 Å². The van der Waals surface area contributed by atoms with Crippen LogP contribution >= 0.6 is 11.6 Å². The third-order valence-electron chi connectivity index (χ3n) is 3.35. The van der Waals surface area contributed by atoms with Crippen LogP contribution in [0.3, 0.4) is 0 Å². The predicted octanol–water partition coefficient (Wildman–Crippen LogP) is 1.18. The molecule has 2 rings (SSSR count). The summed E-state index contributed by atoms with van der Waals surface area (Å²) in [6, 6.07) is -0.120. The van der Waals surface area contributed by atoms with Crippen molar-refractivity contribution in [2.45, 2.75) is 30.7 Å². The van der Waals surface area contributed by atoms with Crippen LogP contribution in [0, 0.1) is 6.92 Å². The maximum Gasteiger partial charge on any atom is 0.248 e. The van der Waals surface area contributed by atoms with Crippen molar-refractivity contribution >= 4 is 21.6 Å². The molecule has 0 amide bonds. The molecule has 0 unspecified atom stereocenters. The minimum atomic E-state index is -3.61. The van der Waals surface area contributed by atoms with Crippen LogP contribution in [0.1, 0.15) is 18.5 Å². The maximum absolute atomic E-state index is 12.7. The highest BCUT2D eigenvalue weighted by Crippen LogP contribution is 2.31. The Morgan fingerprint density at radius 2 is 2.21 bits per heavy atom. The number of halogens is 1. The van der Waals surface area contributed by atoms with E-state index in [0.29, 0.717) is 18.8 Å². The molecule has 1 saturated heterocycles. The summed E-state index contributed by atoms with van der Waals surface area (Å²) < 4.78 is 33.4. The van der Waals surface area contributed by atoms with Gasteiger partial charge in [-0.05, 0) is 19.8 Å². The van der Waals surface area contributed by atoms with Gasteiger partial charge >= 0.3 is 0 Å². The Kier molecular flexibility index (Phi) is 4.20. The monoisotopic (exact) mass is 307 g/mol. The number of aryl methyl sites for hydroxylation is 2. The van der Waals surface area contributed by atoms with Crippen LogP contribution in [-0.2, 0) is 21.8 Å². The number of ether oxygens (including phenoxy) is 1. The average Bonchev–Trinajstić information content (AvgIpc) is 2.86. The second kappa shape index (κ2) is 5.40. The molecule has 8 heteroatoms. The number of methoxy groups -OCH3 is 1. The summed E-state index contributed by atoms with van der Waals surface area (Å²) in [6.45, 7) is 2.55. The lowest BCUT2D eigenvalue weighted by molar-refractivity contribution is 0.149. The zero-order valence-corrected chi connectivity index (χ0v) is 12.8. The molecule has 6 nitrogen and oxygen atoms in total. The smallest absolute Gasteiger partial charge is 0.248 e. The van der Waals surface area contributed by atoms with Crippen molar-refractivity contribution in [3.05, 3.63) is 10.8 Å². The molecule has 1 aromatic heterocycles. The van der Waals surface area contributed by atoms with Crippen molar-refractivity contribution in [1.82, 2.24) is 14.1 Å². The van der Waals surface area contributed by atoms with Gasteiger partial charge in [-0.15, -0.1) is 0 Å². The molecule has 1 fully saturated rings. The average molecular weight is 308 g/mol. The predicted molar refractivity (Wildman–Crippen MR) is 71.7 cm³/mol. The van der Waals surface area contributed by atoms with Gasteiger partial charge < -0.3 is 4.74 Å². The van der Waals surface area contributed by atoms with Crippen molar-refractivity contribution in [2.24, 2.45) is 7.05 Å². The molecule has 1 aromatic rings. The fourth-order valence-corrected chi connectivity index (χ4v) is 4.89. The Bertz CT molecular complexity index is 570. The van der Waals surface area contributed by atoms with Crippen LogP contribution in [0.4, 0.5) is 0 Å². The molecule has 0 aliphatic carbocycles. The topological polar surface area (TPSA) is 64.4 Å². The fraction of sp³-hybridized carbons (Fsp3) is 0.727. The van der Waals surface area contributed by atoms with E-state index in [9.17, 15) is 8.42 Å². The first-order valence-electron chi connectivity index (χ1n) is 6.09. The first-order valence-corrected chi connectivity index (χ1v) is 7.91. The second-order valence-corrected chi connectivity index (χ2v) is 6.88. The summed E-state index contributed by atoms with van der Waals surface area (Å²) in [4.78, 5) is 0.111. The van der Waals surface area contributed by atoms with E-state index in [1.165, 1.54) is 8.99 Å². The quantitative estimate of drug-likeness (QED) is 0.838. The first kappa shape index (κ1) is 14.8. The molecule has 0 spiro atoms. The Hall–Kier alpha value is -0.630. The third-order valence-corrected chi connectivity index (χ3v) is 6.00. The van der Waals surface area contributed by atoms with Crippen LogP contribution in [0.15, 0.2) is 4.90 Å². The van der Waals surface area contributed by atoms with E-state index in [0.717, 1.165) is 12.8 Å². The van der Waals surface area contributed by atoms with Gasteiger partial charge in [0.15, 0.2) is 0 Å². The Labute approximate surface area is 118 Å². The molecular weight excluding hydrogens is 290 g/mol. The molecule has 0 bridgehead atoms. The van der Waals surface area contributed by atoms with Gasteiger partial charge in [-0.1, -0.05) is 11.6 Å². The van der Waals surface area contributed by atoms with E-state index in [1.54, 1.807) is 21.1 Å². The van der Waals surface area contributed by atoms with Gasteiger partial charge in [0.05, 0.1) is 12.3 Å². The molecule has 2 heterocycles. The molecule has 19 heavy (non-hydrogen) atoms. The van der Waals surface area contributed by atoms with Crippen LogP contribution in [0.2, 0.25) is 5.15 Å².